The number of likely N-dealkylation sites (tertiary alicyclic amines) is 1. The first-order valence-corrected chi connectivity index (χ1v) is 7.81. The van der Waals surface area contributed by atoms with Gasteiger partial charge in [-0.15, -0.1) is 0 Å². The van der Waals surface area contributed by atoms with Crippen molar-refractivity contribution in [2.24, 2.45) is 5.92 Å². The van der Waals surface area contributed by atoms with Crippen molar-refractivity contribution in [2.45, 2.75) is 33.6 Å². The number of rotatable bonds is 3. The van der Waals surface area contributed by atoms with Crippen LogP contribution in [0.5, 0.6) is 0 Å². The Morgan fingerprint density at radius 3 is 2.82 bits per heavy atom. The lowest BCUT2D eigenvalue weighted by atomic mass is 9.98. The second kappa shape index (κ2) is 7.29. The van der Waals surface area contributed by atoms with E-state index in [0.717, 1.165) is 29.7 Å². The Balaban J connectivity index is 1.98. The van der Waals surface area contributed by atoms with Crippen LogP contribution in [-0.4, -0.2) is 36.6 Å². The Morgan fingerprint density at radius 1 is 1.36 bits per heavy atom. The Morgan fingerprint density at radius 2 is 2.14 bits per heavy atom. The Hall–Kier alpha value is -2.04. The summed E-state index contributed by atoms with van der Waals surface area (Å²) >= 11 is 0. The van der Waals surface area contributed by atoms with E-state index in [1.807, 2.05) is 32.0 Å². The first-order valence-electron chi connectivity index (χ1n) is 7.81. The Labute approximate surface area is 131 Å². The largest absolute Gasteiger partial charge is 0.466 e. The summed E-state index contributed by atoms with van der Waals surface area (Å²) in [6.45, 7) is 7.27. The van der Waals surface area contributed by atoms with E-state index in [2.05, 4.69) is 5.32 Å². The quantitative estimate of drug-likeness (QED) is 0.873. The van der Waals surface area contributed by atoms with Gasteiger partial charge in [0.1, 0.15) is 0 Å². The predicted molar refractivity (Wildman–Crippen MR) is 85.9 cm³/mol. The molecule has 1 heterocycles. The van der Waals surface area contributed by atoms with Crippen LogP contribution in [0.4, 0.5) is 10.5 Å². The highest BCUT2D eigenvalue weighted by Crippen LogP contribution is 2.21. The predicted octanol–water partition coefficient (Wildman–Crippen LogP) is 3.11. The number of urea groups is 1. The van der Waals surface area contributed by atoms with Crippen molar-refractivity contribution in [1.82, 2.24) is 4.90 Å². The molecular formula is C17H24N2O3. The van der Waals surface area contributed by atoms with Crippen LogP contribution < -0.4 is 5.32 Å². The second-order valence-electron chi connectivity index (χ2n) is 5.79. The topological polar surface area (TPSA) is 58.6 Å². The number of carbonyl (C=O) groups is 2. The van der Waals surface area contributed by atoms with E-state index in [-0.39, 0.29) is 17.9 Å². The molecule has 1 aromatic rings. The number of piperidine rings is 1. The average Bonchev–Trinajstić information content (AvgIpc) is 2.50. The number of nitrogens with zero attached hydrogens (tertiary/aromatic N) is 1. The molecule has 1 unspecified atom stereocenters. The molecule has 120 valence electrons. The summed E-state index contributed by atoms with van der Waals surface area (Å²) in [5, 5.41) is 2.93. The Kier molecular flexibility index (Phi) is 5.41. The summed E-state index contributed by atoms with van der Waals surface area (Å²) in [4.78, 5) is 25.9. The van der Waals surface area contributed by atoms with Crippen molar-refractivity contribution < 1.29 is 14.3 Å². The third-order valence-corrected chi connectivity index (χ3v) is 3.95. The highest BCUT2D eigenvalue weighted by Gasteiger charge is 2.29. The number of hydrogen-bond acceptors (Lipinski definition) is 3. The number of aryl methyl sites for hydroxylation is 2. The van der Waals surface area contributed by atoms with Gasteiger partial charge in [-0.05, 0) is 45.2 Å². The number of carbonyl (C=O) groups excluding carboxylic acids is 2. The van der Waals surface area contributed by atoms with Crippen LogP contribution in [0.25, 0.3) is 0 Å². The lowest BCUT2D eigenvalue weighted by Crippen LogP contribution is -2.44. The van der Waals surface area contributed by atoms with Gasteiger partial charge in [0.15, 0.2) is 0 Å². The molecule has 5 nitrogen and oxygen atoms in total. The number of anilines is 1. The number of esters is 1. The first kappa shape index (κ1) is 16.3. The number of ether oxygens (including phenoxy) is 1. The lowest BCUT2D eigenvalue weighted by molar-refractivity contribution is -0.149. The maximum atomic E-state index is 12.4. The van der Waals surface area contributed by atoms with Crippen LogP contribution in [0, 0.1) is 19.8 Å². The monoisotopic (exact) mass is 304 g/mol. The van der Waals surface area contributed by atoms with Crippen LogP contribution in [0.15, 0.2) is 18.2 Å². The molecule has 1 aliphatic heterocycles. The molecule has 0 bridgehead atoms. The number of benzene rings is 1. The number of nitrogens with one attached hydrogen (secondary N) is 1. The minimum atomic E-state index is -0.210. The lowest BCUT2D eigenvalue weighted by Gasteiger charge is -2.31. The molecule has 0 spiro atoms. The summed E-state index contributed by atoms with van der Waals surface area (Å²) in [6, 6.07) is 5.77. The molecule has 0 aliphatic carbocycles. The van der Waals surface area contributed by atoms with Gasteiger partial charge in [0.05, 0.1) is 12.5 Å². The van der Waals surface area contributed by atoms with Gasteiger partial charge in [-0.3, -0.25) is 4.79 Å². The molecule has 1 aromatic carbocycles. The molecule has 22 heavy (non-hydrogen) atoms. The van der Waals surface area contributed by atoms with Crippen molar-refractivity contribution in [1.29, 1.82) is 0 Å². The fraction of sp³-hybridized carbons (Fsp3) is 0.529. The zero-order valence-corrected chi connectivity index (χ0v) is 13.5. The highest BCUT2D eigenvalue weighted by molar-refractivity contribution is 5.90. The molecule has 2 amide bonds. The SMILES string of the molecule is CCOC(=O)C1CCCN(C(=O)Nc2ccc(C)cc2C)C1. The van der Waals surface area contributed by atoms with Crippen molar-refractivity contribution in [3.05, 3.63) is 29.3 Å². The molecule has 1 saturated heterocycles. The van der Waals surface area contributed by atoms with Crippen LogP contribution in [0.3, 0.4) is 0 Å². The van der Waals surface area contributed by atoms with E-state index in [0.29, 0.717) is 19.7 Å². The molecular weight excluding hydrogens is 280 g/mol. The molecule has 0 aromatic heterocycles. The van der Waals surface area contributed by atoms with Gasteiger partial charge >= 0.3 is 12.0 Å². The van der Waals surface area contributed by atoms with Crippen molar-refractivity contribution in [3.8, 4) is 0 Å². The van der Waals surface area contributed by atoms with Gasteiger partial charge in [-0.25, -0.2) is 4.79 Å². The van der Waals surface area contributed by atoms with E-state index < -0.39 is 0 Å². The van der Waals surface area contributed by atoms with E-state index in [1.165, 1.54) is 0 Å². The van der Waals surface area contributed by atoms with Crippen molar-refractivity contribution in [3.63, 3.8) is 0 Å². The maximum Gasteiger partial charge on any atom is 0.321 e. The Bertz CT molecular complexity index is 557. The van der Waals surface area contributed by atoms with Gasteiger partial charge in [-0.1, -0.05) is 17.7 Å². The van der Waals surface area contributed by atoms with E-state index in [4.69, 9.17) is 4.74 Å². The van der Waals surface area contributed by atoms with E-state index in [9.17, 15) is 9.59 Å². The zero-order valence-electron chi connectivity index (χ0n) is 13.5. The molecule has 1 atom stereocenters. The number of hydrogen-bond donors (Lipinski definition) is 1. The maximum absolute atomic E-state index is 12.4. The van der Waals surface area contributed by atoms with Crippen LogP contribution in [-0.2, 0) is 9.53 Å². The molecule has 0 saturated carbocycles. The molecule has 0 radical (unpaired) electrons. The molecule has 1 fully saturated rings. The molecule has 1 aliphatic rings. The normalized spacial score (nSPS) is 18.0. The van der Waals surface area contributed by atoms with E-state index >= 15 is 0 Å². The highest BCUT2D eigenvalue weighted by atomic mass is 16.5. The van der Waals surface area contributed by atoms with Gasteiger partial charge in [0.25, 0.3) is 0 Å². The summed E-state index contributed by atoms with van der Waals surface area (Å²) in [7, 11) is 0. The number of amides is 2. The third-order valence-electron chi connectivity index (χ3n) is 3.95. The minimum Gasteiger partial charge on any atom is -0.466 e. The average molecular weight is 304 g/mol. The summed E-state index contributed by atoms with van der Waals surface area (Å²) < 4.78 is 5.06. The molecule has 1 N–H and O–H groups in total. The van der Waals surface area contributed by atoms with Crippen molar-refractivity contribution in [2.75, 3.05) is 25.0 Å². The van der Waals surface area contributed by atoms with Crippen LogP contribution >= 0.6 is 0 Å². The summed E-state index contributed by atoms with van der Waals surface area (Å²) in [5.74, 6) is -0.412. The summed E-state index contributed by atoms with van der Waals surface area (Å²) in [5.41, 5.74) is 3.01. The van der Waals surface area contributed by atoms with Gasteiger partial charge in [0.2, 0.25) is 0 Å². The first-order chi connectivity index (χ1) is 10.5. The van der Waals surface area contributed by atoms with Crippen LogP contribution in [0.2, 0.25) is 0 Å². The summed E-state index contributed by atoms with van der Waals surface area (Å²) in [6.07, 6.45) is 1.61. The van der Waals surface area contributed by atoms with Crippen LogP contribution in [0.1, 0.15) is 30.9 Å². The van der Waals surface area contributed by atoms with E-state index in [1.54, 1.807) is 11.8 Å². The van der Waals surface area contributed by atoms with Gasteiger partial charge in [0, 0.05) is 18.8 Å². The fourth-order valence-electron chi connectivity index (χ4n) is 2.76. The molecule has 5 heteroatoms. The van der Waals surface area contributed by atoms with Gasteiger partial charge in [-0.2, -0.15) is 0 Å². The second-order valence-corrected chi connectivity index (χ2v) is 5.79. The van der Waals surface area contributed by atoms with Gasteiger partial charge < -0.3 is 15.0 Å². The standard InChI is InChI=1S/C17H24N2O3/c1-4-22-16(20)14-6-5-9-19(11-14)17(21)18-15-8-7-12(2)10-13(15)3/h7-8,10,14H,4-6,9,11H2,1-3H3,(H,18,21). The fourth-order valence-corrected chi connectivity index (χ4v) is 2.76. The smallest absolute Gasteiger partial charge is 0.321 e. The minimum absolute atomic E-state index is 0.152. The van der Waals surface area contributed by atoms with Crippen molar-refractivity contribution >= 4 is 17.7 Å². The zero-order chi connectivity index (χ0) is 16.1. The third kappa shape index (κ3) is 4.00. The molecule has 2 rings (SSSR count).